The third kappa shape index (κ3) is 6.23. The molecule has 0 radical (unpaired) electrons. The molecule has 0 fully saturated rings. The number of urea groups is 1. The van der Waals surface area contributed by atoms with Crippen LogP contribution in [-0.2, 0) is 19.5 Å². The topological polar surface area (TPSA) is 70.2 Å². The van der Waals surface area contributed by atoms with Crippen LogP contribution in [0.1, 0.15) is 46.4 Å². The molecule has 0 saturated heterocycles. The van der Waals surface area contributed by atoms with Crippen molar-refractivity contribution in [3.8, 4) is 0 Å². The van der Waals surface area contributed by atoms with Gasteiger partial charge >= 0.3 is 6.03 Å². The van der Waals surface area contributed by atoms with Crippen molar-refractivity contribution >= 4 is 23.3 Å². The Balaban J connectivity index is 1.82. The fraction of sp³-hybridized carbons (Fsp3) is 0.368. The van der Waals surface area contributed by atoms with E-state index in [1.807, 2.05) is 26.0 Å². The molecule has 6 heteroatoms. The average Bonchev–Trinajstić information content (AvgIpc) is 3.06. The minimum Gasteiger partial charge on any atom is -0.347 e. The number of nitrogens with one attached hydrogen (secondary N) is 3. The molecule has 0 unspecified atom stereocenters. The van der Waals surface area contributed by atoms with Crippen LogP contribution in [0, 0.1) is 0 Å². The maximum absolute atomic E-state index is 12.2. The summed E-state index contributed by atoms with van der Waals surface area (Å²) >= 11 is 1.72. The maximum atomic E-state index is 12.2. The maximum Gasteiger partial charge on any atom is 0.315 e. The number of benzene rings is 1. The first-order valence-corrected chi connectivity index (χ1v) is 9.28. The summed E-state index contributed by atoms with van der Waals surface area (Å²) in [5.74, 6) is -0.0940. The lowest BCUT2D eigenvalue weighted by molar-refractivity contribution is 0.0951. The first kappa shape index (κ1) is 19.0. The molecule has 3 N–H and O–H groups in total. The van der Waals surface area contributed by atoms with E-state index in [-0.39, 0.29) is 18.0 Å². The molecular weight excluding hydrogens is 334 g/mol. The summed E-state index contributed by atoms with van der Waals surface area (Å²) in [5, 5.41) is 8.49. The fourth-order valence-corrected chi connectivity index (χ4v) is 3.14. The summed E-state index contributed by atoms with van der Waals surface area (Å²) in [6, 6.07) is 11.3. The average molecular weight is 359 g/mol. The Labute approximate surface area is 152 Å². The Morgan fingerprint density at radius 3 is 2.24 bits per heavy atom. The molecule has 0 aliphatic rings. The number of carbonyl (C=O) groups excluding carboxylic acids is 2. The van der Waals surface area contributed by atoms with Crippen LogP contribution >= 0.6 is 11.3 Å². The zero-order valence-electron chi connectivity index (χ0n) is 14.9. The predicted octanol–water partition coefficient (Wildman–Crippen LogP) is 3.45. The van der Waals surface area contributed by atoms with E-state index in [4.69, 9.17) is 0 Å². The predicted molar refractivity (Wildman–Crippen MR) is 102 cm³/mol. The summed E-state index contributed by atoms with van der Waals surface area (Å²) < 4.78 is 0. The lowest BCUT2D eigenvalue weighted by atomic mass is 10.1. The van der Waals surface area contributed by atoms with Crippen LogP contribution < -0.4 is 16.0 Å². The highest BCUT2D eigenvalue weighted by molar-refractivity contribution is 7.11. The smallest absolute Gasteiger partial charge is 0.315 e. The van der Waals surface area contributed by atoms with Crippen molar-refractivity contribution < 1.29 is 9.59 Å². The van der Waals surface area contributed by atoms with E-state index in [0.29, 0.717) is 18.7 Å². The molecule has 134 valence electrons. The molecule has 1 heterocycles. The lowest BCUT2D eigenvalue weighted by Crippen LogP contribution is -2.39. The van der Waals surface area contributed by atoms with Gasteiger partial charge in [-0.2, -0.15) is 0 Å². The minimum atomic E-state index is -0.195. The Hall–Kier alpha value is -2.34. The van der Waals surface area contributed by atoms with E-state index in [2.05, 4.69) is 35.0 Å². The van der Waals surface area contributed by atoms with Gasteiger partial charge < -0.3 is 16.0 Å². The number of rotatable bonds is 7. The molecule has 3 amide bonds. The zero-order chi connectivity index (χ0) is 18.2. The monoisotopic (exact) mass is 359 g/mol. The molecule has 1 aromatic carbocycles. The Morgan fingerprint density at radius 2 is 1.64 bits per heavy atom. The second-order valence-electron chi connectivity index (χ2n) is 6.08. The quantitative estimate of drug-likeness (QED) is 0.709. The summed E-state index contributed by atoms with van der Waals surface area (Å²) in [4.78, 5) is 26.2. The largest absolute Gasteiger partial charge is 0.347 e. The second kappa shape index (κ2) is 9.22. The van der Waals surface area contributed by atoms with Crippen molar-refractivity contribution in [1.82, 2.24) is 16.0 Å². The van der Waals surface area contributed by atoms with Gasteiger partial charge in [0, 0.05) is 27.9 Å². The van der Waals surface area contributed by atoms with Crippen molar-refractivity contribution in [2.24, 2.45) is 0 Å². The van der Waals surface area contributed by atoms with E-state index in [9.17, 15) is 9.59 Å². The summed E-state index contributed by atoms with van der Waals surface area (Å²) in [6.07, 6.45) is 1.02. The van der Waals surface area contributed by atoms with Crippen molar-refractivity contribution in [3.63, 3.8) is 0 Å². The van der Waals surface area contributed by atoms with Gasteiger partial charge in [-0.1, -0.05) is 19.1 Å². The van der Waals surface area contributed by atoms with Crippen LogP contribution in [0.25, 0.3) is 0 Å². The third-order valence-electron chi connectivity index (χ3n) is 3.58. The second-order valence-corrected chi connectivity index (χ2v) is 7.34. The van der Waals surface area contributed by atoms with E-state index in [1.54, 1.807) is 23.5 Å². The summed E-state index contributed by atoms with van der Waals surface area (Å²) in [7, 11) is 0. The van der Waals surface area contributed by atoms with Crippen LogP contribution in [0.15, 0.2) is 36.4 Å². The normalized spacial score (nSPS) is 10.6. The Morgan fingerprint density at radius 1 is 0.960 bits per heavy atom. The molecule has 2 aromatic rings. The molecule has 0 atom stereocenters. The molecular formula is C19H25N3O2S. The standard InChI is InChI=1S/C19H25N3O2S/c1-4-16-9-10-17(25-16)12-20-18(23)15-7-5-14(6-8-15)11-21-19(24)22-13(2)3/h5-10,13H,4,11-12H2,1-3H3,(H,20,23)(H2,21,22,24). The van der Waals surface area contributed by atoms with Gasteiger partial charge in [0.15, 0.2) is 0 Å². The molecule has 0 saturated carbocycles. The van der Waals surface area contributed by atoms with Gasteiger partial charge in [0.1, 0.15) is 0 Å². The Bertz CT molecular complexity index is 708. The highest BCUT2D eigenvalue weighted by atomic mass is 32.1. The highest BCUT2D eigenvalue weighted by Crippen LogP contribution is 2.16. The Kier molecular flexibility index (Phi) is 7.01. The number of hydrogen-bond acceptors (Lipinski definition) is 3. The highest BCUT2D eigenvalue weighted by Gasteiger charge is 2.07. The van der Waals surface area contributed by atoms with Crippen LogP contribution in [0.4, 0.5) is 4.79 Å². The molecule has 25 heavy (non-hydrogen) atoms. The van der Waals surface area contributed by atoms with Crippen molar-refractivity contribution in [2.45, 2.75) is 46.3 Å². The summed E-state index contributed by atoms with van der Waals surface area (Å²) in [6.45, 7) is 6.91. The number of hydrogen-bond donors (Lipinski definition) is 3. The molecule has 0 spiro atoms. The van der Waals surface area contributed by atoms with E-state index in [1.165, 1.54) is 4.88 Å². The molecule has 0 bridgehead atoms. The van der Waals surface area contributed by atoms with Crippen LogP contribution in [0.2, 0.25) is 0 Å². The van der Waals surface area contributed by atoms with E-state index >= 15 is 0 Å². The zero-order valence-corrected chi connectivity index (χ0v) is 15.7. The first-order valence-electron chi connectivity index (χ1n) is 8.47. The van der Waals surface area contributed by atoms with Crippen LogP contribution in [0.5, 0.6) is 0 Å². The van der Waals surface area contributed by atoms with Crippen LogP contribution in [-0.4, -0.2) is 18.0 Å². The molecule has 5 nitrogen and oxygen atoms in total. The number of carbonyl (C=O) groups is 2. The van der Waals surface area contributed by atoms with Gasteiger partial charge in [-0.3, -0.25) is 4.79 Å². The van der Waals surface area contributed by atoms with E-state index < -0.39 is 0 Å². The molecule has 2 rings (SSSR count). The first-order chi connectivity index (χ1) is 12.0. The molecule has 0 aliphatic carbocycles. The third-order valence-corrected chi connectivity index (χ3v) is 4.81. The minimum absolute atomic E-state index is 0.0940. The van der Waals surface area contributed by atoms with Crippen molar-refractivity contribution in [3.05, 3.63) is 57.3 Å². The van der Waals surface area contributed by atoms with Crippen LogP contribution in [0.3, 0.4) is 0 Å². The van der Waals surface area contributed by atoms with Gasteiger partial charge in [-0.15, -0.1) is 11.3 Å². The van der Waals surface area contributed by atoms with Crippen molar-refractivity contribution in [2.75, 3.05) is 0 Å². The number of amides is 3. The lowest BCUT2D eigenvalue weighted by Gasteiger charge is -2.10. The van der Waals surface area contributed by atoms with Crippen molar-refractivity contribution in [1.29, 1.82) is 0 Å². The number of thiophene rings is 1. The van der Waals surface area contributed by atoms with E-state index in [0.717, 1.165) is 16.9 Å². The van der Waals surface area contributed by atoms with Gasteiger partial charge in [0.2, 0.25) is 0 Å². The van der Waals surface area contributed by atoms with Gasteiger partial charge in [0.25, 0.3) is 5.91 Å². The number of aryl methyl sites for hydroxylation is 1. The summed E-state index contributed by atoms with van der Waals surface area (Å²) in [5.41, 5.74) is 1.56. The van der Waals surface area contributed by atoms with Gasteiger partial charge in [0.05, 0.1) is 6.54 Å². The van der Waals surface area contributed by atoms with Gasteiger partial charge in [-0.05, 0) is 50.1 Å². The fourth-order valence-electron chi connectivity index (χ4n) is 2.25. The van der Waals surface area contributed by atoms with Gasteiger partial charge in [-0.25, -0.2) is 4.79 Å². The molecule has 0 aliphatic heterocycles. The molecule has 1 aromatic heterocycles. The SMILES string of the molecule is CCc1ccc(CNC(=O)c2ccc(CNC(=O)NC(C)C)cc2)s1.